The first-order valence-corrected chi connectivity index (χ1v) is 7.54. The van der Waals surface area contributed by atoms with Crippen LogP contribution in [-0.2, 0) is 6.42 Å². The number of carbonyl (C=O) groups excluding carboxylic acids is 1. The Morgan fingerprint density at radius 3 is 2.74 bits per heavy atom. The molecule has 0 saturated heterocycles. The standard InChI is InChI=1S/C19H17N3O/c1-2-14-10-11-18(20-12-14)19(23)22-21-13-16-8-5-7-15-6-3-4-9-17(15)16/h3-13H,2H2,1H3,(H,22,23)/b21-13-. The van der Waals surface area contributed by atoms with Crippen LogP contribution in [0.3, 0.4) is 0 Å². The molecule has 3 aromatic rings. The van der Waals surface area contributed by atoms with Gasteiger partial charge in [-0.15, -0.1) is 0 Å². The maximum atomic E-state index is 12.0. The third-order valence-corrected chi connectivity index (χ3v) is 3.66. The summed E-state index contributed by atoms with van der Waals surface area (Å²) in [5.74, 6) is -0.316. The van der Waals surface area contributed by atoms with Gasteiger partial charge in [-0.05, 0) is 28.8 Å². The number of pyridine rings is 1. The number of aryl methyl sites for hydroxylation is 1. The van der Waals surface area contributed by atoms with Crippen LogP contribution in [0.2, 0.25) is 0 Å². The van der Waals surface area contributed by atoms with E-state index in [2.05, 4.69) is 15.5 Å². The highest BCUT2D eigenvalue weighted by atomic mass is 16.2. The van der Waals surface area contributed by atoms with Gasteiger partial charge in [-0.1, -0.05) is 55.5 Å². The molecule has 114 valence electrons. The summed E-state index contributed by atoms with van der Waals surface area (Å²) in [6, 6.07) is 17.6. The van der Waals surface area contributed by atoms with Gasteiger partial charge in [0.05, 0.1) is 6.21 Å². The second-order valence-corrected chi connectivity index (χ2v) is 5.17. The predicted octanol–water partition coefficient (Wildman–Crippen LogP) is 3.56. The number of nitrogens with one attached hydrogen (secondary N) is 1. The van der Waals surface area contributed by atoms with Gasteiger partial charge in [0, 0.05) is 11.8 Å². The Morgan fingerprint density at radius 2 is 1.96 bits per heavy atom. The van der Waals surface area contributed by atoms with E-state index in [1.165, 1.54) is 0 Å². The number of hydrazone groups is 1. The first-order chi connectivity index (χ1) is 11.3. The zero-order valence-electron chi connectivity index (χ0n) is 12.9. The van der Waals surface area contributed by atoms with Crippen molar-refractivity contribution in [2.24, 2.45) is 5.10 Å². The first kappa shape index (κ1) is 14.9. The maximum absolute atomic E-state index is 12.0. The number of amides is 1. The third-order valence-electron chi connectivity index (χ3n) is 3.66. The van der Waals surface area contributed by atoms with Gasteiger partial charge in [0.15, 0.2) is 0 Å². The average Bonchev–Trinajstić information content (AvgIpc) is 2.62. The number of hydrogen-bond acceptors (Lipinski definition) is 3. The third kappa shape index (κ3) is 3.43. The molecule has 4 heteroatoms. The SMILES string of the molecule is CCc1ccc(C(=O)N/N=C\c2cccc3ccccc23)nc1. The summed E-state index contributed by atoms with van der Waals surface area (Å²) in [5, 5.41) is 6.28. The molecule has 0 unspecified atom stereocenters. The van der Waals surface area contributed by atoms with E-state index < -0.39 is 0 Å². The van der Waals surface area contributed by atoms with Crippen LogP contribution >= 0.6 is 0 Å². The molecule has 1 N–H and O–H groups in total. The van der Waals surface area contributed by atoms with E-state index in [0.717, 1.165) is 28.3 Å². The molecule has 2 aromatic carbocycles. The lowest BCUT2D eigenvalue weighted by Crippen LogP contribution is -2.19. The van der Waals surface area contributed by atoms with Crippen molar-refractivity contribution in [1.82, 2.24) is 10.4 Å². The van der Waals surface area contributed by atoms with Gasteiger partial charge in [0.2, 0.25) is 0 Å². The highest BCUT2D eigenvalue weighted by Crippen LogP contribution is 2.16. The fraction of sp³-hybridized carbons (Fsp3) is 0.105. The topological polar surface area (TPSA) is 54.4 Å². The van der Waals surface area contributed by atoms with E-state index in [-0.39, 0.29) is 5.91 Å². The Morgan fingerprint density at radius 1 is 1.13 bits per heavy atom. The van der Waals surface area contributed by atoms with Gasteiger partial charge in [-0.25, -0.2) is 5.43 Å². The Labute approximate surface area is 134 Å². The zero-order valence-corrected chi connectivity index (χ0v) is 12.9. The number of carbonyl (C=O) groups is 1. The Bertz CT molecular complexity index is 849. The summed E-state index contributed by atoms with van der Waals surface area (Å²) < 4.78 is 0. The lowest BCUT2D eigenvalue weighted by atomic mass is 10.1. The molecule has 4 nitrogen and oxygen atoms in total. The zero-order chi connectivity index (χ0) is 16.1. The molecule has 0 atom stereocenters. The van der Waals surface area contributed by atoms with Crippen molar-refractivity contribution in [3.63, 3.8) is 0 Å². The van der Waals surface area contributed by atoms with E-state index in [1.54, 1.807) is 18.5 Å². The number of aromatic nitrogens is 1. The van der Waals surface area contributed by atoms with Crippen molar-refractivity contribution in [3.05, 3.63) is 77.6 Å². The van der Waals surface area contributed by atoms with Gasteiger partial charge in [0.25, 0.3) is 5.91 Å². The minimum Gasteiger partial charge on any atom is -0.266 e. The fourth-order valence-corrected chi connectivity index (χ4v) is 2.35. The molecule has 0 fully saturated rings. The molecule has 0 saturated carbocycles. The molecule has 23 heavy (non-hydrogen) atoms. The van der Waals surface area contributed by atoms with Crippen LogP contribution in [0.4, 0.5) is 0 Å². The highest BCUT2D eigenvalue weighted by molar-refractivity contribution is 6.00. The number of hydrogen-bond donors (Lipinski definition) is 1. The van der Waals surface area contributed by atoms with Crippen molar-refractivity contribution in [2.75, 3.05) is 0 Å². The van der Waals surface area contributed by atoms with Gasteiger partial charge in [-0.3, -0.25) is 9.78 Å². The Balaban J connectivity index is 1.73. The fourth-order valence-electron chi connectivity index (χ4n) is 2.35. The summed E-state index contributed by atoms with van der Waals surface area (Å²) in [6.45, 7) is 2.05. The molecular formula is C19H17N3O. The molecule has 1 aromatic heterocycles. The summed E-state index contributed by atoms with van der Waals surface area (Å²) in [7, 11) is 0. The average molecular weight is 303 g/mol. The van der Waals surface area contributed by atoms with E-state index in [1.807, 2.05) is 55.5 Å². The normalized spacial score (nSPS) is 11.0. The van der Waals surface area contributed by atoms with E-state index in [0.29, 0.717) is 5.69 Å². The minimum atomic E-state index is -0.316. The predicted molar refractivity (Wildman–Crippen MR) is 92.6 cm³/mol. The number of benzene rings is 2. The van der Waals surface area contributed by atoms with Crippen LogP contribution in [0.25, 0.3) is 10.8 Å². The molecular weight excluding hydrogens is 286 g/mol. The van der Waals surface area contributed by atoms with Crippen molar-refractivity contribution in [3.8, 4) is 0 Å². The van der Waals surface area contributed by atoms with Crippen LogP contribution in [0.15, 0.2) is 65.9 Å². The van der Waals surface area contributed by atoms with E-state index in [4.69, 9.17) is 0 Å². The number of rotatable bonds is 4. The summed E-state index contributed by atoms with van der Waals surface area (Å²) in [6.07, 6.45) is 4.26. The van der Waals surface area contributed by atoms with Gasteiger partial charge < -0.3 is 0 Å². The van der Waals surface area contributed by atoms with Crippen molar-refractivity contribution in [1.29, 1.82) is 0 Å². The maximum Gasteiger partial charge on any atom is 0.289 e. The minimum absolute atomic E-state index is 0.316. The van der Waals surface area contributed by atoms with Gasteiger partial charge >= 0.3 is 0 Å². The van der Waals surface area contributed by atoms with Crippen molar-refractivity contribution >= 4 is 22.9 Å². The van der Waals surface area contributed by atoms with Crippen LogP contribution in [0.5, 0.6) is 0 Å². The van der Waals surface area contributed by atoms with E-state index in [9.17, 15) is 4.79 Å². The van der Waals surface area contributed by atoms with Crippen LogP contribution < -0.4 is 5.43 Å². The lowest BCUT2D eigenvalue weighted by molar-refractivity contribution is 0.0950. The molecule has 1 heterocycles. The quantitative estimate of drug-likeness (QED) is 0.592. The smallest absolute Gasteiger partial charge is 0.266 e. The first-order valence-electron chi connectivity index (χ1n) is 7.54. The van der Waals surface area contributed by atoms with Crippen LogP contribution in [0, 0.1) is 0 Å². The molecule has 0 bridgehead atoms. The van der Waals surface area contributed by atoms with Gasteiger partial charge in [0.1, 0.15) is 5.69 Å². The molecule has 0 aliphatic heterocycles. The lowest BCUT2D eigenvalue weighted by Gasteiger charge is -2.02. The second-order valence-electron chi connectivity index (χ2n) is 5.17. The van der Waals surface area contributed by atoms with Gasteiger partial charge in [-0.2, -0.15) is 5.10 Å². The number of fused-ring (bicyclic) bond motifs is 1. The second kappa shape index (κ2) is 6.83. The Kier molecular flexibility index (Phi) is 4.43. The molecule has 0 spiro atoms. The molecule has 0 aliphatic rings. The Hall–Kier alpha value is -3.01. The number of nitrogens with zero attached hydrogens (tertiary/aromatic N) is 2. The summed E-state index contributed by atoms with van der Waals surface area (Å²) >= 11 is 0. The van der Waals surface area contributed by atoms with Crippen LogP contribution in [0.1, 0.15) is 28.5 Å². The van der Waals surface area contributed by atoms with Crippen LogP contribution in [-0.4, -0.2) is 17.1 Å². The molecule has 1 amide bonds. The van der Waals surface area contributed by atoms with Crippen molar-refractivity contribution < 1.29 is 4.79 Å². The van der Waals surface area contributed by atoms with Crippen molar-refractivity contribution in [2.45, 2.75) is 13.3 Å². The monoisotopic (exact) mass is 303 g/mol. The summed E-state index contributed by atoms with van der Waals surface area (Å²) in [5.41, 5.74) is 4.93. The molecule has 0 radical (unpaired) electrons. The molecule has 3 rings (SSSR count). The van der Waals surface area contributed by atoms with E-state index >= 15 is 0 Å². The summed E-state index contributed by atoms with van der Waals surface area (Å²) in [4.78, 5) is 16.1. The largest absolute Gasteiger partial charge is 0.289 e. The molecule has 0 aliphatic carbocycles. The highest BCUT2D eigenvalue weighted by Gasteiger charge is 2.05.